The van der Waals surface area contributed by atoms with Gasteiger partial charge in [0.2, 0.25) is 0 Å². The van der Waals surface area contributed by atoms with Crippen LogP contribution in [0.1, 0.15) is 16.7 Å². The summed E-state index contributed by atoms with van der Waals surface area (Å²) in [6.45, 7) is 5.88. The van der Waals surface area contributed by atoms with E-state index in [1.54, 1.807) is 6.26 Å². The molecule has 0 bridgehead atoms. The molecule has 2 fully saturated rings. The van der Waals surface area contributed by atoms with Crippen molar-refractivity contribution >= 4 is 21.7 Å². The van der Waals surface area contributed by atoms with Gasteiger partial charge in [0.1, 0.15) is 16.9 Å². The third-order valence-electron chi connectivity index (χ3n) is 7.15. The van der Waals surface area contributed by atoms with Crippen LogP contribution in [0.15, 0.2) is 64.0 Å². The lowest BCUT2D eigenvalue weighted by atomic mass is 9.81. The molecule has 0 atom stereocenters. The first-order valence-electron chi connectivity index (χ1n) is 11.1. The van der Waals surface area contributed by atoms with E-state index in [9.17, 15) is 0 Å². The van der Waals surface area contributed by atoms with E-state index in [0.717, 1.165) is 55.4 Å². The first-order valence-corrected chi connectivity index (χ1v) is 11.1. The maximum atomic E-state index is 5.94. The molecule has 0 radical (unpaired) electrons. The van der Waals surface area contributed by atoms with E-state index in [4.69, 9.17) is 8.83 Å². The van der Waals surface area contributed by atoms with Gasteiger partial charge in [0.25, 0.3) is 0 Å². The molecule has 0 unspecified atom stereocenters. The average molecular weight is 417 g/mol. The van der Waals surface area contributed by atoms with Crippen molar-refractivity contribution in [2.45, 2.75) is 31.1 Å². The molecule has 4 aromatic rings. The van der Waals surface area contributed by atoms with Gasteiger partial charge in [-0.25, -0.2) is 0 Å². The van der Waals surface area contributed by atoms with Gasteiger partial charge >= 0.3 is 0 Å². The molecule has 2 aromatic carbocycles. The summed E-state index contributed by atoms with van der Waals surface area (Å²) in [7, 11) is 0. The Morgan fingerprint density at radius 2 is 1.55 bits per heavy atom. The van der Waals surface area contributed by atoms with Crippen LogP contribution in [0.3, 0.4) is 0 Å². The van der Waals surface area contributed by atoms with Gasteiger partial charge in [0, 0.05) is 60.7 Å². The molecule has 2 aliphatic rings. The van der Waals surface area contributed by atoms with Gasteiger partial charge in [-0.15, -0.1) is 0 Å². The molecule has 0 saturated carbocycles. The van der Waals surface area contributed by atoms with Crippen LogP contribution >= 0.6 is 0 Å². The van der Waals surface area contributed by atoms with Gasteiger partial charge in [-0.3, -0.25) is 21.3 Å². The fourth-order valence-electron chi connectivity index (χ4n) is 5.55. The van der Waals surface area contributed by atoms with E-state index in [1.807, 2.05) is 18.6 Å². The fourth-order valence-corrected chi connectivity index (χ4v) is 5.55. The Kier molecular flexibility index (Phi) is 4.43. The molecular weight excluding hydrogens is 388 g/mol. The summed E-state index contributed by atoms with van der Waals surface area (Å²) in [5, 5.41) is 18.8. The van der Waals surface area contributed by atoms with Crippen molar-refractivity contribution in [2.75, 3.05) is 26.2 Å². The molecule has 2 saturated heterocycles. The van der Waals surface area contributed by atoms with E-state index in [-0.39, 0.29) is 11.3 Å². The minimum atomic E-state index is -0.360. The number of hydrogen-bond acceptors (Lipinski definition) is 6. The third kappa shape index (κ3) is 2.94. The Balaban J connectivity index is 1.46. The minimum Gasteiger partial charge on any atom is -0.471 e. The lowest BCUT2D eigenvalue weighted by molar-refractivity contribution is 0.118. The van der Waals surface area contributed by atoms with Crippen molar-refractivity contribution < 1.29 is 8.83 Å². The molecule has 4 N–H and O–H groups in total. The molecule has 6 nitrogen and oxygen atoms in total. The second-order valence-corrected chi connectivity index (χ2v) is 8.86. The molecule has 0 aliphatic carbocycles. The van der Waals surface area contributed by atoms with E-state index in [0.29, 0.717) is 0 Å². The van der Waals surface area contributed by atoms with Crippen LogP contribution in [0.2, 0.25) is 0 Å². The van der Waals surface area contributed by atoms with Crippen LogP contribution in [0.5, 0.6) is 0 Å². The van der Waals surface area contributed by atoms with Gasteiger partial charge in [0.05, 0.1) is 18.8 Å². The van der Waals surface area contributed by atoms with Gasteiger partial charge in [-0.05, 0) is 24.1 Å². The highest BCUT2D eigenvalue weighted by Gasteiger charge is 2.54. The van der Waals surface area contributed by atoms with E-state index >= 15 is 0 Å². The van der Waals surface area contributed by atoms with E-state index in [1.165, 1.54) is 22.1 Å². The maximum absolute atomic E-state index is 5.94. The second-order valence-electron chi connectivity index (χ2n) is 8.86. The average Bonchev–Trinajstić information content (AvgIpc) is 3.57. The number of nitrogens with one attached hydrogen (secondary N) is 4. The number of benzene rings is 2. The van der Waals surface area contributed by atoms with Gasteiger partial charge in [-0.1, -0.05) is 30.3 Å². The van der Waals surface area contributed by atoms with E-state index < -0.39 is 0 Å². The summed E-state index contributed by atoms with van der Waals surface area (Å²) in [6.07, 6.45) is 7.12. The number of fused-ring (bicyclic) bond motifs is 2. The zero-order valence-corrected chi connectivity index (χ0v) is 17.8. The normalized spacial score (nSPS) is 20.2. The van der Waals surface area contributed by atoms with Crippen molar-refractivity contribution in [3.05, 3.63) is 71.9 Å². The highest BCUT2D eigenvalue weighted by Crippen LogP contribution is 2.35. The third-order valence-corrected chi connectivity index (χ3v) is 7.15. The standard InChI is InChI=1S/C25H28N4O2/c1-17-5-6-18-7-12-31-23(18)21(17)14-25(28-10-11-29-25)24(26-8-9-27-24)13-19-3-2-4-20-15-30-16-22(19)20/h2-7,12,15-16,26-29H,8-11,13-14H2,1H3. The zero-order chi connectivity index (χ0) is 20.9. The van der Waals surface area contributed by atoms with Crippen molar-refractivity contribution in [1.82, 2.24) is 21.3 Å². The summed E-state index contributed by atoms with van der Waals surface area (Å²) in [5.41, 5.74) is 4.05. The van der Waals surface area contributed by atoms with E-state index in [2.05, 4.69) is 58.5 Å². The summed E-state index contributed by atoms with van der Waals surface area (Å²) in [4.78, 5) is 0. The topological polar surface area (TPSA) is 74.4 Å². The molecule has 0 amide bonds. The summed E-state index contributed by atoms with van der Waals surface area (Å²) in [5.74, 6) is 0. The first-order chi connectivity index (χ1) is 15.2. The molecule has 6 rings (SSSR count). The van der Waals surface area contributed by atoms with Crippen LogP contribution in [-0.4, -0.2) is 37.5 Å². The van der Waals surface area contributed by atoms with Crippen molar-refractivity contribution in [1.29, 1.82) is 0 Å². The maximum Gasteiger partial charge on any atom is 0.137 e. The Morgan fingerprint density at radius 1 is 0.806 bits per heavy atom. The van der Waals surface area contributed by atoms with Gasteiger partial charge < -0.3 is 8.83 Å². The first kappa shape index (κ1) is 19.1. The number of furan rings is 2. The van der Waals surface area contributed by atoms with Crippen LogP contribution in [-0.2, 0) is 12.8 Å². The lowest BCUT2D eigenvalue weighted by Gasteiger charge is -2.47. The molecule has 2 aliphatic heterocycles. The summed E-state index contributed by atoms with van der Waals surface area (Å²) in [6, 6.07) is 12.8. The monoisotopic (exact) mass is 416 g/mol. The largest absolute Gasteiger partial charge is 0.471 e. The Bertz CT molecular complexity index is 1230. The van der Waals surface area contributed by atoms with Crippen molar-refractivity contribution in [3.63, 3.8) is 0 Å². The second kappa shape index (κ2) is 7.21. The highest BCUT2D eigenvalue weighted by atomic mass is 16.3. The molecule has 6 heteroatoms. The SMILES string of the molecule is Cc1ccc2ccoc2c1CC1(C2(Cc3cccc4cocc34)NCCN2)NCCN1. The van der Waals surface area contributed by atoms with Gasteiger partial charge in [0.15, 0.2) is 0 Å². The van der Waals surface area contributed by atoms with Gasteiger partial charge in [-0.2, -0.15) is 0 Å². The predicted octanol–water partition coefficient (Wildman–Crippen LogP) is 3.05. The summed E-state index contributed by atoms with van der Waals surface area (Å²) >= 11 is 0. The smallest absolute Gasteiger partial charge is 0.137 e. The highest BCUT2D eigenvalue weighted by molar-refractivity contribution is 5.84. The molecule has 31 heavy (non-hydrogen) atoms. The van der Waals surface area contributed by atoms with Crippen LogP contribution in [0.25, 0.3) is 21.7 Å². The number of hydrogen-bond donors (Lipinski definition) is 4. The molecular formula is C25H28N4O2. The fraction of sp³-hybridized carbons (Fsp3) is 0.360. The lowest BCUT2D eigenvalue weighted by Crippen LogP contribution is -2.77. The number of aryl methyl sites for hydroxylation is 1. The molecule has 2 aromatic heterocycles. The van der Waals surface area contributed by atoms with Crippen LogP contribution < -0.4 is 21.3 Å². The van der Waals surface area contributed by atoms with Crippen LogP contribution in [0, 0.1) is 6.92 Å². The molecule has 0 spiro atoms. The predicted molar refractivity (Wildman–Crippen MR) is 122 cm³/mol. The van der Waals surface area contributed by atoms with Crippen molar-refractivity contribution in [3.8, 4) is 0 Å². The molecule has 160 valence electrons. The quantitative estimate of drug-likeness (QED) is 0.401. The molecule has 4 heterocycles. The minimum absolute atomic E-state index is 0.351. The Labute approximate surface area is 181 Å². The zero-order valence-electron chi connectivity index (χ0n) is 17.8. The van der Waals surface area contributed by atoms with Crippen LogP contribution in [0.4, 0.5) is 0 Å². The summed E-state index contributed by atoms with van der Waals surface area (Å²) < 4.78 is 11.5. The number of rotatable bonds is 5. The Hall–Kier alpha value is -2.64. The Morgan fingerprint density at radius 3 is 2.32 bits per heavy atom. The van der Waals surface area contributed by atoms with Crippen molar-refractivity contribution in [2.24, 2.45) is 0 Å².